The lowest BCUT2D eigenvalue weighted by atomic mass is 9.71. The minimum absolute atomic E-state index is 0.196. The summed E-state index contributed by atoms with van der Waals surface area (Å²) in [6, 6.07) is 4.31. The number of ether oxygens (including phenoxy) is 6. The highest BCUT2D eigenvalue weighted by Gasteiger charge is 2.61. The molecule has 1 aromatic rings. The van der Waals surface area contributed by atoms with Crippen molar-refractivity contribution in [2.75, 3.05) is 52.9 Å². The van der Waals surface area contributed by atoms with Crippen LogP contribution in [0.5, 0.6) is 11.5 Å². The van der Waals surface area contributed by atoms with Gasteiger partial charge in [0.25, 0.3) is 0 Å². The minimum atomic E-state index is 0.196. The Labute approximate surface area is 171 Å². The Kier molecular flexibility index (Phi) is 4.76. The van der Waals surface area contributed by atoms with Gasteiger partial charge >= 0.3 is 0 Å². The molecule has 0 unspecified atom stereocenters. The molecule has 5 aliphatic rings. The first kappa shape index (κ1) is 18.2. The molecule has 0 radical (unpaired) electrons. The number of hydrogen-bond acceptors (Lipinski definition) is 6. The van der Waals surface area contributed by atoms with E-state index in [1.165, 1.54) is 17.5 Å². The molecule has 1 saturated carbocycles. The number of hydrogen-bond donors (Lipinski definition) is 0. The Balaban J connectivity index is 1.26. The van der Waals surface area contributed by atoms with Crippen molar-refractivity contribution in [1.29, 1.82) is 0 Å². The molecule has 6 rings (SSSR count). The fourth-order valence-corrected chi connectivity index (χ4v) is 5.92. The standard InChI is InChI=1S/C23H28O6/c1-2-15-11-14(1)20-21(15)23-17-13-19-18(12-16(17)22(20)29-23)27-9-7-25-5-3-24-4-6-26-8-10-28-19/h1-2,12-15,20-23H,3-11H2/t14-,15+,20-,21+,22+,23-. The quantitative estimate of drug-likeness (QED) is 0.624. The summed E-state index contributed by atoms with van der Waals surface area (Å²) in [7, 11) is 0. The molecule has 29 heavy (non-hydrogen) atoms. The lowest BCUT2D eigenvalue weighted by molar-refractivity contribution is 0.00705. The van der Waals surface area contributed by atoms with E-state index in [1.54, 1.807) is 0 Å². The number of fused-ring (bicyclic) bond motifs is 13. The van der Waals surface area contributed by atoms with Crippen molar-refractivity contribution in [2.45, 2.75) is 18.6 Å². The Morgan fingerprint density at radius 1 is 0.586 bits per heavy atom. The molecule has 6 heteroatoms. The summed E-state index contributed by atoms with van der Waals surface area (Å²) < 4.78 is 35.3. The van der Waals surface area contributed by atoms with Crippen LogP contribution in [0.2, 0.25) is 0 Å². The van der Waals surface area contributed by atoms with Crippen LogP contribution in [0, 0.1) is 23.7 Å². The van der Waals surface area contributed by atoms with E-state index in [9.17, 15) is 0 Å². The largest absolute Gasteiger partial charge is 0.487 e. The fourth-order valence-electron chi connectivity index (χ4n) is 5.92. The fraction of sp³-hybridized carbons (Fsp3) is 0.652. The summed E-state index contributed by atoms with van der Waals surface area (Å²) in [5.74, 6) is 4.17. The molecular weight excluding hydrogens is 372 g/mol. The highest BCUT2D eigenvalue weighted by Crippen LogP contribution is 2.68. The molecule has 3 aliphatic heterocycles. The highest BCUT2D eigenvalue weighted by molar-refractivity contribution is 5.53. The predicted molar refractivity (Wildman–Crippen MR) is 104 cm³/mol. The third-order valence-electron chi connectivity index (χ3n) is 7.05. The van der Waals surface area contributed by atoms with Crippen LogP contribution in [0.1, 0.15) is 29.8 Å². The molecular formula is C23H28O6. The normalized spacial score (nSPS) is 38.3. The summed E-state index contributed by atoms with van der Waals surface area (Å²) in [4.78, 5) is 0. The van der Waals surface area contributed by atoms with Gasteiger partial charge in [-0.1, -0.05) is 12.2 Å². The summed E-state index contributed by atoms with van der Waals surface area (Å²) in [6.07, 6.45) is 6.52. The number of benzene rings is 1. The third kappa shape index (κ3) is 3.08. The van der Waals surface area contributed by atoms with Crippen LogP contribution in [0.25, 0.3) is 0 Å². The molecule has 156 valence electrons. The van der Waals surface area contributed by atoms with Crippen molar-refractivity contribution in [1.82, 2.24) is 0 Å². The van der Waals surface area contributed by atoms with Crippen LogP contribution in [-0.4, -0.2) is 52.9 Å². The van der Waals surface area contributed by atoms with Gasteiger partial charge in [-0.15, -0.1) is 0 Å². The van der Waals surface area contributed by atoms with Gasteiger partial charge in [0.1, 0.15) is 13.2 Å². The minimum Gasteiger partial charge on any atom is -0.487 e. The Hall–Kier alpha value is -1.60. The van der Waals surface area contributed by atoms with Crippen LogP contribution in [-0.2, 0) is 18.9 Å². The Morgan fingerprint density at radius 2 is 1.03 bits per heavy atom. The second-order valence-corrected chi connectivity index (χ2v) is 8.54. The van der Waals surface area contributed by atoms with E-state index in [-0.39, 0.29) is 12.2 Å². The molecule has 2 aliphatic carbocycles. The van der Waals surface area contributed by atoms with Crippen molar-refractivity contribution < 1.29 is 28.4 Å². The zero-order valence-corrected chi connectivity index (χ0v) is 16.6. The summed E-state index contributed by atoms with van der Waals surface area (Å²) in [5, 5.41) is 0. The van der Waals surface area contributed by atoms with Crippen LogP contribution in [0.4, 0.5) is 0 Å². The molecule has 1 saturated heterocycles. The molecule has 0 N–H and O–H groups in total. The lowest BCUT2D eigenvalue weighted by Gasteiger charge is -2.31. The van der Waals surface area contributed by atoms with Crippen LogP contribution in [0.15, 0.2) is 24.3 Å². The first-order valence-electron chi connectivity index (χ1n) is 10.9. The van der Waals surface area contributed by atoms with E-state index in [2.05, 4.69) is 24.3 Å². The summed E-state index contributed by atoms with van der Waals surface area (Å²) >= 11 is 0. The summed E-state index contributed by atoms with van der Waals surface area (Å²) in [6.45, 7) is 4.30. The van der Waals surface area contributed by atoms with Crippen molar-refractivity contribution in [3.63, 3.8) is 0 Å². The van der Waals surface area contributed by atoms with Crippen LogP contribution in [0.3, 0.4) is 0 Å². The van der Waals surface area contributed by atoms with Gasteiger partial charge < -0.3 is 28.4 Å². The maximum atomic E-state index is 6.49. The van der Waals surface area contributed by atoms with Crippen molar-refractivity contribution in [2.24, 2.45) is 23.7 Å². The molecule has 3 heterocycles. The van der Waals surface area contributed by atoms with Gasteiger partial charge in [-0.2, -0.15) is 0 Å². The molecule has 0 amide bonds. The molecule has 4 bridgehead atoms. The summed E-state index contributed by atoms with van der Waals surface area (Å²) in [5.41, 5.74) is 2.59. The van der Waals surface area contributed by atoms with Gasteiger partial charge in [0.2, 0.25) is 0 Å². The van der Waals surface area contributed by atoms with E-state index >= 15 is 0 Å². The molecule has 2 fully saturated rings. The van der Waals surface area contributed by atoms with Gasteiger partial charge in [0.15, 0.2) is 11.5 Å². The molecule has 0 aromatic heterocycles. The highest BCUT2D eigenvalue weighted by atomic mass is 16.6. The lowest BCUT2D eigenvalue weighted by Crippen LogP contribution is -2.25. The van der Waals surface area contributed by atoms with Gasteiger partial charge in [-0.25, -0.2) is 0 Å². The van der Waals surface area contributed by atoms with E-state index in [0.29, 0.717) is 76.5 Å². The second kappa shape index (κ2) is 7.58. The average molecular weight is 400 g/mol. The van der Waals surface area contributed by atoms with Gasteiger partial charge in [0, 0.05) is 11.8 Å². The smallest absolute Gasteiger partial charge is 0.161 e. The second-order valence-electron chi connectivity index (χ2n) is 8.54. The van der Waals surface area contributed by atoms with Crippen molar-refractivity contribution in [3.05, 3.63) is 35.4 Å². The van der Waals surface area contributed by atoms with E-state index < -0.39 is 0 Å². The number of rotatable bonds is 0. The monoisotopic (exact) mass is 400 g/mol. The maximum absolute atomic E-state index is 6.49. The number of allylic oxidation sites excluding steroid dienone is 2. The zero-order chi connectivity index (χ0) is 19.2. The predicted octanol–water partition coefficient (Wildman–Crippen LogP) is 3.07. The molecule has 6 atom stereocenters. The first-order chi connectivity index (χ1) is 14.4. The van der Waals surface area contributed by atoms with Crippen molar-refractivity contribution in [3.8, 4) is 11.5 Å². The van der Waals surface area contributed by atoms with Crippen LogP contribution >= 0.6 is 0 Å². The van der Waals surface area contributed by atoms with E-state index in [0.717, 1.165) is 11.5 Å². The van der Waals surface area contributed by atoms with Gasteiger partial charge in [-0.3, -0.25) is 0 Å². The third-order valence-corrected chi connectivity index (χ3v) is 7.05. The van der Waals surface area contributed by atoms with Crippen molar-refractivity contribution >= 4 is 0 Å². The molecule has 6 nitrogen and oxygen atoms in total. The van der Waals surface area contributed by atoms with E-state index in [4.69, 9.17) is 28.4 Å². The van der Waals surface area contributed by atoms with Crippen LogP contribution < -0.4 is 9.47 Å². The average Bonchev–Trinajstić information content (AvgIpc) is 3.49. The topological polar surface area (TPSA) is 55.4 Å². The van der Waals surface area contributed by atoms with Gasteiger partial charge in [-0.05, 0) is 41.5 Å². The maximum Gasteiger partial charge on any atom is 0.161 e. The SMILES string of the molecule is C1=C[C@H]2C[C@@H]1[C@@H]1[C@H]2[C@@H]2O[C@H]1c1cc3c(cc12)OCCOCCOCCOCCO3. The van der Waals surface area contributed by atoms with E-state index in [1.807, 2.05) is 0 Å². The molecule has 1 aromatic carbocycles. The Bertz CT molecular complexity index is 731. The molecule has 0 spiro atoms. The first-order valence-corrected chi connectivity index (χ1v) is 10.9. The van der Waals surface area contributed by atoms with Gasteiger partial charge in [0.05, 0.1) is 51.8 Å². The Morgan fingerprint density at radius 3 is 1.52 bits per heavy atom. The zero-order valence-electron chi connectivity index (χ0n) is 16.6.